The molecule has 5 nitrogen and oxygen atoms in total. The number of rotatable bonds is 3. The van der Waals surface area contributed by atoms with Gasteiger partial charge in [-0.3, -0.25) is 0 Å². The van der Waals surface area contributed by atoms with Gasteiger partial charge in [0.05, 0.1) is 16.0 Å². The molecule has 0 fully saturated rings. The van der Waals surface area contributed by atoms with Crippen molar-refractivity contribution in [2.24, 2.45) is 0 Å². The van der Waals surface area contributed by atoms with Gasteiger partial charge in [0.1, 0.15) is 11.3 Å². The molecule has 1 aliphatic rings. The zero-order chi connectivity index (χ0) is 16.6. The lowest BCUT2D eigenvalue weighted by molar-refractivity contribution is 0.0694. The van der Waals surface area contributed by atoms with Crippen LogP contribution in [0.3, 0.4) is 0 Å². The van der Waals surface area contributed by atoms with Gasteiger partial charge in [0.25, 0.3) is 0 Å². The molecule has 2 heterocycles. The van der Waals surface area contributed by atoms with Gasteiger partial charge in [-0.05, 0) is 24.3 Å². The van der Waals surface area contributed by atoms with Crippen molar-refractivity contribution in [2.75, 3.05) is 11.4 Å². The van der Waals surface area contributed by atoms with Gasteiger partial charge in [0, 0.05) is 35.3 Å². The molecular formula is C16H11ClN2O3S. The highest BCUT2D eigenvalue weighted by atomic mass is 35.5. The second-order valence-electron chi connectivity index (χ2n) is 5.05. The number of hydrogen-bond acceptors (Lipinski definition) is 5. The summed E-state index contributed by atoms with van der Waals surface area (Å²) in [7, 11) is 0. The Morgan fingerprint density at radius 3 is 2.74 bits per heavy atom. The van der Waals surface area contributed by atoms with Gasteiger partial charge in [-0.2, -0.15) is 5.26 Å². The smallest absolute Gasteiger partial charge is 0.339 e. The Balaban J connectivity index is 1.91. The van der Waals surface area contributed by atoms with Crippen LogP contribution >= 0.6 is 22.9 Å². The first kappa shape index (κ1) is 15.4. The van der Waals surface area contributed by atoms with E-state index in [2.05, 4.69) is 6.07 Å². The second-order valence-corrected chi connectivity index (χ2v) is 6.80. The Morgan fingerprint density at radius 2 is 2.17 bits per heavy atom. The number of aromatic carboxylic acids is 1. The maximum Gasteiger partial charge on any atom is 0.339 e. The summed E-state index contributed by atoms with van der Waals surface area (Å²) < 4.78 is 0.666. The van der Waals surface area contributed by atoms with Crippen molar-refractivity contribution in [3.63, 3.8) is 0 Å². The van der Waals surface area contributed by atoms with Crippen molar-refractivity contribution in [3.05, 3.63) is 56.9 Å². The quantitative estimate of drug-likeness (QED) is 0.882. The van der Waals surface area contributed by atoms with E-state index in [0.717, 1.165) is 4.88 Å². The van der Waals surface area contributed by atoms with Crippen molar-refractivity contribution in [1.29, 1.82) is 5.26 Å². The first-order chi connectivity index (χ1) is 11.0. The molecule has 1 atom stereocenters. The maximum atomic E-state index is 11.0. The van der Waals surface area contributed by atoms with E-state index in [1.807, 2.05) is 11.0 Å². The third-order valence-electron chi connectivity index (χ3n) is 3.66. The molecule has 1 aliphatic heterocycles. The lowest BCUT2D eigenvalue weighted by Crippen LogP contribution is -2.16. The third kappa shape index (κ3) is 2.89. The summed E-state index contributed by atoms with van der Waals surface area (Å²) in [6.45, 7) is 0.533. The van der Waals surface area contributed by atoms with Crippen LogP contribution < -0.4 is 4.90 Å². The standard InChI is InChI=1S/C16H11ClN2O3S/c17-15-4-3-14(23-15)12-8-19(7-9(12)6-18)10-1-2-11(16(21)22)13(20)5-10/h1-5,7,12,20H,8H2,(H,21,22). The van der Waals surface area contributed by atoms with Crippen molar-refractivity contribution in [2.45, 2.75) is 5.92 Å². The van der Waals surface area contributed by atoms with E-state index >= 15 is 0 Å². The molecule has 116 valence electrons. The fourth-order valence-corrected chi connectivity index (χ4v) is 3.70. The molecule has 7 heteroatoms. The maximum absolute atomic E-state index is 11.0. The molecule has 1 aromatic carbocycles. The summed E-state index contributed by atoms with van der Waals surface area (Å²) in [6, 6.07) is 10.2. The van der Waals surface area contributed by atoms with Crippen LogP contribution in [0.5, 0.6) is 5.75 Å². The van der Waals surface area contributed by atoms with Crippen molar-refractivity contribution in [3.8, 4) is 11.8 Å². The van der Waals surface area contributed by atoms with E-state index in [9.17, 15) is 15.2 Å². The molecule has 0 saturated heterocycles. The average molecular weight is 347 g/mol. The first-order valence-electron chi connectivity index (χ1n) is 6.69. The highest BCUT2D eigenvalue weighted by Crippen LogP contribution is 2.39. The molecule has 0 bridgehead atoms. The fraction of sp³-hybridized carbons (Fsp3) is 0.125. The Bertz CT molecular complexity index is 853. The zero-order valence-electron chi connectivity index (χ0n) is 11.7. The van der Waals surface area contributed by atoms with E-state index in [4.69, 9.17) is 16.7 Å². The largest absolute Gasteiger partial charge is 0.507 e. The van der Waals surface area contributed by atoms with E-state index in [1.54, 1.807) is 18.3 Å². The minimum Gasteiger partial charge on any atom is -0.507 e. The van der Waals surface area contributed by atoms with Crippen molar-refractivity contribution in [1.82, 2.24) is 0 Å². The summed E-state index contributed by atoms with van der Waals surface area (Å²) in [6.07, 6.45) is 1.72. The Labute approximate surface area is 141 Å². The van der Waals surface area contributed by atoms with Gasteiger partial charge >= 0.3 is 5.97 Å². The van der Waals surface area contributed by atoms with Gasteiger partial charge in [-0.1, -0.05) is 11.6 Å². The molecular weight excluding hydrogens is 336 g/mol. The number of halogens is 1. The summed E-state index contributed by atoms with van der Waals surface area (Å²) in [5.74, 6) is -1.57. The first-order valence-corrected chi connectivity index (χ1v) is 7.89. The number of benzene rings is 1. The lowest BCUT2D eigenvalue weighted by atomic mass is 10.0. The third-order valence-corrected chi connectivity index (χ3v) is 5.00. The van der Waals surface area contributed by atoms with E-state index in [1.165, 1.54) is 23.5 Å². The Kier molecular flexibility index (Phi) is 3.99. The number of phenols is 1. The fourth-order valence-electron chi connectivity index (χ4n) is 2.53. The SMILES string of the molecule is N#CC1=CN(c2ccc(C(=O)O)c(O)c2)CC1c1ccc(Cl)s1. The number of hydrogen-bond donors (Lipinski definition) is 2. The van der Waals surface area contributed by atoms with Crippen LogP contribution in [-0.4, -0.2) is 22.7 Å². The summed E-state index contributed by atoms with van der Waals surface area (Å²) in [4.78, 5) is 13.8. The van der Waals surface area contributed by atoms with Gasteiger partial charge < -0.3 is 15.1 Å². The van der Waals surface area contributed by atoms with E-state index < -0.39 is 5.97 Å². The van der Waals surface area contributed by atoms with Crippen molar-refractivity contribution >= 4 is 34.6 Å². The number of thiophene rings is 1. The van der Waals surface area contributed by atoms with E-state index in [-0.39, 0.29) is 17.2 Å². The number of carbonyl (C=O) groups is 1. The molecule has 0 amide bonds. The molecule has 3 rings (SSSR count). The van der Waals surface area contributed by atoms with Gasteiger partial charge in [-0.25, -0.2) is 4.79 Å². The predicted molar refractivity (Wildman–Crippen MR) is 88.2 cm³/mol. The number of carboxylic acids is 1. The number of aromatic hydroxyl groups is 1. The van der Waals surface area contributed by atoms with Crippen LogP contribution in [0.1, 0.15) is 21.2 Å². The molecule has 0 aliphatic carbocycles. The molecule has 23 heavy (non-hydrogen) atoms. The number of nitriles is 1. The topological polar surface area (TPSA) is 84.6 Å². The summed E-state index contributed by atoms with van der Waals surface area (Å²) in [5.41, 5.74) is 1.08. The minimum atomic E-state index is -1.19. The van der Waals surface area contributed by atoms with Crippen LogP contribution in [0, 0.1) is 11.3 Å². The molecule has 2 aromatic rings. The highest BCUT2D eigenvalue weighted by molar-refractivity contribution is 7.16. The monoisotopic (exact) mass is 346 g/mol. The van der Waals surface area contributed by atoms with Crippen LogP contribution in [0.25, 0.3) is 0 Å². The molecule has 0 spiro atoms. The van der Waals surface area contributed by atoms with Gasteiger partial charge in [0.2, 0.25) is 0 Å². The average Bonchev–Trinajstić information content (AvgIpc) is 3.12. The Morgan fingerprint density at radius 1 is 1.39 bits per heavy atom. The molecule has 0 radical (unpaired) electrons. The normalized spacial score (nSPS) is 17.0. The van der Waals surface area contributed by atoms with Crippen LogP contribution in [0.4, 0.5) is 5.69 Å². The molecule has 1 unspecified atom stereocenters. The van der Waals surface area contributed by atoms with Gasteiger partial charge in [0.15, 0.2) is 0 Å². The molecule has 2 N–H and O–H groups in total. The number of carboxylic acid groups (broad SMARTS) is 1. The lowest BCUT2D eigenvalue weighted by Gasteiger charge is -2.18. The van der Waals surface area contributed by atoms with Crippen LogP contribution in [0.2, 0.25) is 4.34 Å². The van der Waals surface area contributed by atoms with Gasteiger partial charge in [-0.15, -0.1) is 11.3 Å². The number of nitrogens with zero attached hydrogens (tertiary/aromatic N) is 2. The second kappa shape index (κ2) is 5.95. The zero-order valence-corrected chi connectivity index (χ0v) is 13.3. The number of anilines is 1. The summed E-state index contributed by atoms with van der Waals surface area (Å²) in [5, 5.41) is 28.1. The van der Waals surface area contributed by atoms with Crippen LogP contribution in [-0.2, 0) is 0 Å². The highest BCUT2D eigenvalue weighted by Gasteiger charge is 2.28. The molecule has 1 aromatic heterocycles. The minimum absolute atomic E-state index is 0.0845. The predicted octanol–water partition coefficient (Wildman–Crippen LogP) is 3.82. The van der Waals surface area contributed by atoms with Crippen LogP contribution in [0.15, 0.2) is 42.1 Å². The molecule has 0 saturated carbocycles. The summed E-state index contributed by atoms with van der Waals surface area (Å²) >= 11 is 7.40. The van der Waals surface area contributed by atoms with E-state index in [0.29, 0.717) is 22.1 Å². The Hall–Kier alpha value is -2.49. The van der Waals surface area contributed by atoms with Crippen molar-refractivity contribution < 1.29 is 15.0 Å².